The van der Waals surface area contributed by atoms with E-state index in [9.17, 15) is 4.79 Å². The van der Waals surface area contributed by atoms with Crippen LogP contribution in [0.2, 0.25) is 5.02 Å². The van der Waals surface area contributed by atoms with Crippen LogP contribution in [0.4, 0.5) is 0 Å². The maximum absolute atomic E-state index is 10.6. The van der Waals surface area contributed by atoms with E-state index in [-0.39, 0.29) is 5.75 Å². The molecule has 0 spiro atoms. The molecule has 0 atom stereocenters. The monoisotopic (exact) mass is 331 g/mol. The topological polar surface area (TPSA) is 59.0 Å². The predicted molar refractivity (Wildman–Crippen MR) is 83.7 cm³/mol. The first kappa shape index (κ1) is 16.3. The summed E-state index contributed by atoms with van der Waals surface area (Å²) in [5.74, 6) is 1.97. The van der Waals surface area contributed by atoms with Gasteiger partial charge in [0.05, 0.1) is 12.1 Å². The maximum atomic E-state index is 10.6. The Kier molecular flexibility index (Phi) is 6.02. The minimum atomic E-state index is -1.05. The molecule has 1 heterocycles. The zero-order valence-corrected chi connectivity index (χ0v) is 13.4. The Hall–Kier alpha value is -1.11. The van der Waals surface area contributed by atoms with E-state index in [1.165, 1.54) is 7.11 Å². The molecule has 0 aromatic heterocycles. The van der Waals surface area contributed by atoms with E-state index in [0.29, 0.717) is 10.8 Å². The number of carboxylic acid groups (broad SMARTS) is 1. The van der Waals surface area contributed by atoms with Gasteiger partial charge in [-0.05, 0) is 17.7 Å². The van der Waals surface area contributed by atoms with Crippen LogP contribution in [0.3, 0.4) is 0 Å². The van der Waals surface area contributed by atoms with Gasteiger partial charge in [-0.1, -0.05) is 11.6 Å². The highest BCUT2D eigenvalue weighted by atomic mass is 35.5. The van der Waals surface area contributed by atoms with Crippen LogP contribution in [0.1, 0.15) is 5.56 Å². The third-order valence-electron chi connectivity index (χ3n) is 3.14. The fourth-order valence-electron chi connectivity index (χ4n) is 2.16. The van der Waals surface area contributed by atoms with Crippen molar-refractivity contribution < 1.29 is 19.4 Å². The lowest BCUT2D eigenvalue weighted by molar-refractivity contribution is -0.139. The molecule has 0 amide bonds. The number of benzene rings is 1. The van der Waals surface area contributed by atoms with E-state index in [2.05, 4.69) is 4.90 Å². The van der Waals surface area contributed by atoms with Crippen molar-refractivity contribution in [3.05, 3.63) is 22.7 Å². The summed E-state index contributed by atoms with van der Waals surface area (Å²) in [6, 6.07) is 3.66. The summed E-state index contributed by atoms with van der Waals surface area (Å²) in [5, 5.41) is 9.05. The molecule has 0 saturated carbocycles. The van der Waals surface area contributed by atoms with Gasteiger partial charge in [-0.2, -0.15) is 11.8 Å². The van der Waals surface area contributed by atoms with Crippen LogP contribution < -0.4 is 9.47 Å². The third-order valence-corrected chi connectivity index (χ3v) is 4.36. The van der Waals surface area contributed by atoms with E-state index < -0.39 is 12.6 Å². The van der Waals surface area contributed by atoms with E-state index >= 15 is 0 Å². The average molecular weight is 332 g/mol. The van der Waals surface area contributed by atoms with Crippen LogP contribution in [0.15, 0.2) is 12.1 Å². The van der Waals surface area contributed by atoms with Crippen molar-refractivity contribution in [1.29, 1.82) is 0 Å². The summed E-state index contributed by atoms with van der Waals surface area (Å²) in [4.78, 5) is 13.0. The second-order valence-electron chi connectivity index (χ2n) is 4.68. The molecule has 116 valence electrons. The molecule has 0 bridgehead atoms. The van der Waals surface area contributed by atoms with Gasteiger partial charge >= 0.3 is 5.97 Å². The highest BCUT2D eigenvalue weighted by Crippen LogP contribution is 2.36. The number of rotatable bonds is 6. The van der Waals surface area contributed by atoms with Gasteiger partial charge in [0.2, 0.25) is 0 Å². The van der Waals surface area contributed by atoms with Gasteiger partial charge in [0.1, 0.15) is 0 Å². The molecule has 1 aliphatic rings. The van der Waals surface area contributed by atoms with Crippen LogP contribution in [-0.2, 0) is 11.3 Å². The van der Waals surface area contributed by atoms with Crippen LogP contribution in [0.5, 0.6) is 11.5 Å². The van der Waals surface area contributed by atoms with Gasteiger partial charge in [-0.3, -0.25) is 4.90 Å². The summed E-state index contributed by atoms with van der Waals surface area (Å²) in [5.41, 5.74) is 1.03. The number of methoxy groups -OCH3 is 1. The number of aliphatic carboxylic acids is 1. The first-order chi connectivity index (χ1) is 10.1. The maximum Gasteiger partial charge on any atom is 0.341 e. The molecule has 0 aliphatic carbocycles. The number of thioether (sulfide) groups is 1. The number of hydrogen-bond donors (Lipinski definition) is 1. The quantitative estimate of drug-likeness (QED) is 0.863. The highest BCUT2D eigenvalue weighted by molar-refractivity contribution is 7.99. The summed E-state index contributed by atoms with van der Waals surface area (Å²) >= 11 is 8.16. The number of ether oxygens (including phenoxy) is 2. The number of hydrogen-bond acceptors (Lipinski definition) is 5. The van der Waals surface area contributed by atoms with Gasteiger partial charge in [-0.15, -0.1) is 0 Å². The predicted octanol–water partition coefficient (Wildman–Crippen LogP) is 2.36. The van der Waals surface area contributed by atoms with E-state index in [4.69, 9.17) is 26.2 Å². The fraction of sp³-hybridized carbons (Fsp3) is 0.500. The van der Waals surface area contributed by atoms with Crippen molar-refractivity contribution in [2.45, 2.75) is 6.54 Å². The highest BCUT2D eigenvalue weighted by Gasteiger charge is 2.16. The van der Waals surface area contributed by atoms with E-state index in [1.54, 1.807) is 0 Å². The normalized spacial score (nSPS) is 15.7. The molecule has 0 radical (unpaired) electrons. The molecular weight excluding hydrogens is 314 g/mol. The number of halogens is 1. The largest absolute Gasteiger partial charge is 0.493 e. The molecule has 7 heteroatoms. The van der Waals surface area contributed by atoms with Crippen molar-refractivity contribution in [3.63, 3.8) is 0 Å². The summed E-state index contributed by atoms with van der Waals surface area (Å²) in [6.07, 6.45) is 0. The third kappa shape index (κ3) is 4.69. The first-order valence-corrected chi connectivity index (χ1v) is 8.14. The first-order valence-electron chi connectivity index (χ1n) is 6.61. The Bertz CT molecular complexity index is 506. The van der Waals surface area contributed by atoms with E-state index in [1.807, 2.05) is 23.9 Å². The second-order valence-corrected chi connectivity index (χ2v) is 6.31. The number of nitrogens with zero attached hydrogens (tertiary/aromatic N) is 1. The lowest BCUT2D eigenvalue weighted by Gasteiger charge is -2.26. The van der Waals surface area contributed by atoms with Gasteiger partial charge in [-0.25, -0.2) is 4.79 Å². The number of carboxylic acids is 1. The van der Waals surface area contributed by atoms with Crippen LogP contribution >= 0.6 is 23.4 Å². The zero-order chi connectivity index (χ0) is 15.2. The molecule has 1 aliphatic heterocycles. The van der Waals surface area contributed by atoms with Crippen molar-refractivity contribution in [1.82, 2.24) is 4.90 Å². The molecule has 1 fully saturated rings. The SMILES string of the molecule is COc1cc(CN2CCSCC2)cc(Cl)c1OCC(=O)O. The van der Waals surface area contributed by atoms with Crippen molar-refractivity contribution >= 4 is 29.3 Å². The van der Waals surface area contributed by atoms with Gasteiger partial charge in [0.25, 0.3) is 0 Å². The van der Waals surface area contributed by atoms with Crippen molar-refractivity contribution in [2.75, 3.05) is 38.3 Å². The Morgan fingerprint density at radius 3 is 2.76 bits per heavy atom. The molecule has 2 rings (SSSR count). The Morgan fingerprint density at radius 1 is 1.43 bits per heavy atom. The Balaban J connectivity index is 2.12. The smallest absolute Gasteiger partial charge is 0.341 e. The molecule has 1 aromatic carbocycles. The lowest BCUT2D eigenvalue weighted by Crippen LogP contribution is -2.31. The van der Waals surface area contributed by atoms with Crippen LogP contribution in [0.25, 0.3) is 0 Å². The summed E-state index contributed by atoms with van der Waals surface area (Å²) in [6.45, 7) is 2.47. The summed E-state index contributed by atoms with van der Waals surface area (Å²) in [7, 11) is 1.51. The Morgan fingerprint density at radius 2 is 2.14 bits per heavy atom. The van der Waals surface area contributed by atoms with Gasteiger partial charge in [0.15, 0.2) is 18.1 Å². The molecular formula is C14H18ClNO4S. The van der Waals surface area contributed by atoms with E-state index in [0.717, 1.165) is 36.7 Å². The fourth-order valence-corrected chi connectivity index (χ4v) is 3.42. The minimum absolute atomic E-state index is 0.277. The minimum Gasteiger partial charge on any atom is -0.493 e. The molecule has 1 saturated heterocycles. The molecule has 0 unspecified atom stereocenters. The van der Waals surface area contributed by atoms with Crippen molar-refractivity contribution in [2.24, 2.45) is 0 Å². The lowest BCUT2D eigenvalue weighted by atomic mass is 10.2. The number of carbonyl (C=O) groups is 1. The standard InChI is InChI=1S/C14H18ClNO4S/c1-19-12-7-10(8-16-2-4-21-5-3-16)6-11(15)14(12)20-9-13(17)18/h6-7H,2-5,8-9H2,1H3,(H,17,18). The summed E-state index contributed by atoms with van der Waals surface area (Å²) < 4.78 is 10.5. The molecule has 1 aromatic rings. The van der Waals surface area contributed by atoms with Crippen LogP contribution in [-0.4, -0.2) is 54.3 Å². The van der Waals surface area contributed by atoms with Crippen LogP contribution in [0, 0.1) is 0 Å². The van der Waals surface area contributed by atoms with Crippen molar-refractivity contribution in [3.8, 4) is 11.5 Å². The molecule has 5 nitrogen and oxygen atoms in total. The average Bonchev–Trinajstić information content (AvgIpc) is 2.46. The van der Waals surface area contributed by atoms with Gasteiger partial charge < -0.3 is 14.6 Å². The molecule has 21 heavy (non-hydrogen) atoms. The Labute approximate surface area is 133 Å². The molecule has 1 N–H and O–H groups in total. The van der Waals surface area contributed by atoms with Gasteiger partial charge in [0, 0.05) is 31.1 Å². The zero-order valence-electron chi connectivity index (χ0n) is 11.8. The second kappa shape index (κ2) is 7.77.